The predicted molar refractivity (Wildman–Crippen MR) is 35.5 cm³/mol. The SMILES string of the molecule is CCC(=O)O.O=S(=O)(O)C(F)(F)F. The van der Waals surface area contributed by atoms with Crippen LogP contribution in [0.3, 0.4) is 0 Å². The maximum absolute atomic E-state index is 10.7. The van der Waals surface area contributed by atoms with Crippen molar-refractivity contribution in [3.05, 3.63) is 0 Å². The minimum absolute atomic E-state index is 0.222. The molecule has 0 aliphatic heterocycles. The van der Waals surface area contributed by atoms with Crippen molar-refractivity contribution in [2.24, 2.45) is 0 Å². The Bertz CT molecular complexity index is 253. The van der Waals surface area contributed by atoms with Gasteiger partial charge in [-0.25, -0.2) is 0 Å². The van der Waals surface area contributed by atoms with Crippen molar-refractivity contribution in [1.29, 1.82) is 0 Å². The van der Waals surface area contributed by atoms with Gasteiger partial charge in [-0.05, 0) is 0 Å². The molecule has 0 unspecified atom stereocenters. The summed E-state index contributed by atoms with van der Waals surface area (Å²) in [7, 11) is -5.84. The molecule has 0 bridgehead atoms. The van der Waals surface area contributed by atoms with E-state index in [1.807, 2.05) is 0 Å². The monoisotopic (exact) mass is 224 g/mol. The molecule has 0 fully saturated rings. The molecule has 0 aromatic heterocycles. The van der Waals surface area contributed by atoms with Crippen molar-refractivity contribution in [1.82, 2.24) is 0 Å². The molecule has 80 valence electrons. The van der Waals surface area contributed by atoms with Gasteiger partial charge in [-0.2, -0.15) is 21.6 Å². The van der Waals surface area contributed by atoms with E-state index < -0.39 is 21.6 Å². The lowest BCUT2D eigenvalue weighted by Crippen LogP contribution is -2.21. The van der Waals surface area contributed by atoms with Crippen LogP contribution in [0.2, 0.25) is 0 Å². The highest BCUT2D eigenvalue weighted by atomic mass is 32.2. The lowest BCUT2D eigenvalue weighted by molar-refractivity contribution is -0.136. The Morgan fingerprint density at radius 2 is 1.54 bits per heavy atom. The van der Waals surface area contributed by atoms with E-state index in [9.17, 15) is 18.0 Å². The highest BCUT2D eigenvalue weighted by molar-refractivity contribution is 7.86. The Morgan fingerprint density at radius 1 is 1.38 bits per heavy atom. The molecule has 0 saturated carbocycles. The highest BCUT2D eigenvalue weighted by Gasteiger charge is 2.44. The van der Waals surface area contributed by atoms with Crippen LogP contribution in [0, 0.1) is 0 Å². The fraction of sp³-hybridized carbons (Fsp3) is 0.750. The number of hydrogen-bond acceptors (Lipinski definition) is 3. The zero-order chi connectivity index (χ0) is 11.3. The van der Waals surface area contributed by atoms with E-state index in [4.69, 9.17) is 18.1 Å². The second-order valence-corrected chi connectivity index (χ2v) is 3.08. The van der Waals surface area contributed by atoms with Crippen molar-refractivity contribution in [2.75, 3.05) is 0 Å². The van der Waals surface area contributed by atoms with Crippen LogP contribution in [0.15, 0.2) is 0 Å². The summed E-state index contributed by atoms with van der Waals surface area (Å²) in [5, 5.41) is 7.72. The van der Waals surface area contributed by atoms with Crippen LogP contribution in [0.25, 0.3) is 0 Å². The summed E-state index contributed by atoms with van der Waals surface area (Å²) < 4.78 is 57.5. The zero-order valence-electron chi connectivity index (χ0n) is 6.37. The largest absolute Gasteiger partial charge is 0.522 e. The molecule has 5 nitrogen and oxygen atoms in total. The van der Waals surface area contributed by atoms with Gasteiger partial charge in [0.25, 0.3) is 0 Å². The number of alkyl halides is 3. The fourth-order valence-corrected chi connectivity index (χ4v) is 0. The molecule has 0 atom stereocenters. The number of rotatable bonds is 1. The summed E-state index contributed by atoms with van der Waals surface area (Å²) >= 11 is 0. The van der Waals surface area contributed by atoms with Gasteiger partial charge in [0.15, 0.2) is 0 Å². The van der Waals surface area contributed by atoms with E-state index >= 15 is 0 Å². The van der Waals surface area contributed by atoms with Crippen LogP contribution >= 0.6 is 0 Å². The van der Waals surface area contributed by atoms with Gasteiger partial charge in [-0.15, -0.1) is 0 Å². The summed E-state index contributed by atoms with van der Waals surface area (Å²) in [4.78, 5) is 9.37. The van der Waals surface area contributed by atoms with Gasteiger partial charge in [0.1, 0.15) is 0 Å². The van der Waals surface area contributed by atoms with Gasteiger partial charge < -0.3 is 5.11 Å². The molecule has 9 heteroatoms. The van der Waals surface area contributed by atoms with Crippen molar-refractivity contribution in [2.45, 2.75) is 18.9 Å². The van der Waals surface area contributed by atoms with Crippen LogP contribution in [0.1, 0.15) is 13.3 Å². The van der Waals surface area contributed by atoms with Gasteiger partial charge in [0.05, 0.1) is 0 Å². The Kier molecular flexibility index (Phi) is 5.67. The standard InChI is InChI=1S/C3H6O2.CHF3O3S/c1-2-3(4)5;2-1(3,4)8(5,6)7/h2H2,1H3,(H,4,5);(H,5,6,7). The number of halogens is 3. The van der Waals surface area contributed by atoms with Crippen LogP contribution in [0.5, 0.6) is 0 Å². The molecule has 0 spiro atoms. The summed E-state index contributed by atoms with van der Waals surface area (Å²) in [5.74, 6) is -0.745. The summed E-state index contributed by atoms with van der Waals surface area (Å²) in [6.07, 6.45) is 0.222. The zero-order valence-corrected chi connectivity index (χ0v) is 7.18. The van der Waals surface area contributed by atoms with Crippen molar-refractivity contribution >= 4 is 16.1 Å². The van der Waals surface area contributed by atoms with Crippen molar-refractivity contribution in [3.8, 4) is 0 Å². The smallest absolute Gasteiger partial charge is 0.481 e. The summed E-state index contributed by atoms with van der Waals surface area (Å²) in [6.45, 7) is 1.60. The number of carboxylic acid groups (broad SMARTS) is 1. The molecule has 0 heterocycles. The average Bonchev–Trinajstić information content (AvgIpc) is 1.84. The molecule has 2 N–H and O–H groups in total. The number of carbonyl (C=O) groups is 1. The lowest BCUT2D eigenvalue weighted by Gasteiger charge is -1.97. The molecule has 0 aliphatic rings. The van der Waals surface area contributed by atoms with Gasteiger partial charge in [-0.1, -0.05) is 6.92 Å². The van der Waals surface area contributed by atoms with E-state index in [0.717, 1.165) is 0 Å². The van der Waals surface area contributed by atoms with E-state index in [1.165, 1.54) is 0 Å². The van der Waals surface area contributed by atoms with Crippen molar-refractivity contribution in [3.63, 3.8) is 0 Å². The van der Waals surface area contributed by atoms with Gasteiger partial charge in [-0.3, -0.25) is 9.35 Å². The van der Waals surface area contributed by atoms with Crippen LogP contribution in [0.4, 0.5) is 13.2 Å². The minimum Gasteiger partial charge on any atom is -0.481 e. The lowest BCUT2D eigenvalue weighted by atomic mass is 10.5. The predicted octanol–water partition coefficient (Wildman–Crippen LogP) is 0.875. The van der Waals surface area contributed by atoms with Crippen molar-refractivity contribution < 1.29 is 36.0 Å². The maximum Gasteiger partial charge on any atom is 0.522 e. The van der Waals surface area contributed by atoms with Gasteiger partial charge in [0.2, 0.25) is 0 Å². The van der Waals surface area contributed by atoms with E-state index in [-0.39, 0.29) is 6.42 Å². The Labute approximate surface area is 71.9 Å². The first-order chi connectivity index (χ1) is 5.52. The normalized spacial score (nSPS) is 11.5. The number of hydrogen-bond donors (Lipinski definition) is 2. The number of carboxylic acids is 1. The van der Waals surface area contributed by atoms with Crippen LogP contribution in [-0.2, 0) is 14.9 Å². The summed E-state index contributed by atoms with van der Waals surface area (Å²) in [6, 6.07) is 0. The third kappa shape index (κ3) is 9.08. The van der Waals surface area contributed by atoms with E-state index in [0.29, 0.717) is 0 Å². The Hall–Kier alpha value is -0.830. The minimum atomic E-state index is -5.84. The van der Waals surface area contributed by atoms with Gasteiger partial charge in [0, 0.05) is 6.42 Å². The van der Waals surface area contributed by atoms with Gasteiger partial charge >= 0.3 is 21.6 Å². The average molecular weight is 224 g/mol. The molecular formula is C4H7F3O5S. The first kappa shape index (κ1) is 14.7. The Morgan fingerprint density at radius 3 is 1.54 bits per heavy atom. The molecule has 13 heavy (non-hydrogen) atoms. The molecule has 0 aliphatic carbocycles. The molecule has 0 rings (SSSR count). The molecule has 0 saturated heterocycles. The highest BCUT2D eigenvalue weighted by Crippen LogP contribution is 2.20. The molecular weight excluding hydrogens is 217 g/mol. The Balaban J connectivity index is 0. The van der Waals surface area contributed by atoms with E-state index in [2.05, 4.69) is 0 Å². The van der Waals surface area contributed by atoms with Crippen LogP contribution < -0.4 is 0 Å². The second kappa shape index (κ2) is 5.02. The second-order valence-electron chi connectivity index (χ2n) is 1.67. The topological polar surface area (TPSA) is 91.7 Å². The van der Waals surface area contributed by atoms with Crippen LogP contribution in [-0.4, -0.2) is 29.6 Å². The third-order valence-electron chi connectivity index (χ3n) is 0.595. The first-order valence-corrected chi connectivity index (χ1v) is 4.22. The molecule has 0 aromatic rings. The molecule has 0 aromatic carbocycles. The maximum atomic E-state index is 10.7. The number of aliphatic carboxylic acids is 1. The molecule has 0 amide bonds. The molecule has 0 radical (unpaired) electrons. The fourth-order valence-electron chi connectivity index (χ4n) is 0. The van der Waals surface area contributed by atoms with E-state index in [1.54, 1.807) is 6.92 Å². The third-order valence-corrected chi connectivity index (χ3v) is 1.18. The first-order valence-electron chi connectivity index (χ1n) is 2.78. The quantitative estimate of drug-likeness (QED) is 0.509. The summed E-state index contributed by atoms with van der Waals surface area (Å²) in [5.41, 5.74) is -5.53.